The Morgan fingerprint density at radius 1 is 1.05 bits per heavy atom. The van der Waals surface area contributed by atoms with Gasteiger partial charge in [-0.3, -0.25) is 0 Å². The number of thioether (sulfide) groups is 1. The Labute approximate surface area is 130 Å². The number of rotatable bonds is 4. The Balaban J connectivity index is 2.17. The van der Waals surface area contributed by atoms with Crippen molar-refractivity contribution in [3.05, 3.63) is 36.4 Å². The molecule has 0 atom stereocenters. The minimum absolute atomic E-state index is 0.149. The van der Waals surface area contributed by atoms with Crippen LogP contribution in [0.1, 0.15) is 20.8 Å². The minimum atomic E-state index is -3.10. The van der Waals surface area contributed by atoms with Crippen LogP contribution in [0.3, 0.4) is 0 Å². The molecule has 0 saturated carbocycles. The van der Waals surface area contributed by atoms with E-state index in [0.29, 0.717) is 5.75 Å². The number of phenolic OH excluding ortho intramolecular Hbond substituents is 1. The second-order valence-electron chi connectivity index (χ2n) is 5.91. The summed E-state index contributed by atoms with van der Waals surface area (Å²) < 4.78 is 23.5. The molecule has 2 rings (SSSR count). The molecule has 0 radical (unpaired) electrons. The van der Waals surface area contributed by atoms with E-state index in [-0.39, 0.29) is 11.5 Å². The summed E-state index contributed by atoms with van der Waals surface area (Å²) in [5, 5.41) is 11.6. The molecule has 114 valence electrons. The highest BCUT2D eigenvalue weighted by Gasteiger charge is 2.28. The van der Waals surface area contributed by atoms with Crippen LogP contribution < -0.4 is 0 Å². The van der Waals surface area contributed by atoms with E-state index in [1.54, 1.807) is 26.8 Å². The molecule has 0 aromatic heterocycles. The molecule has 0 unspecified atom stereocenters. The molecular formula is C16H20O3S2. The summed E-state index contributed by atoms with van der Waals surface area (Å²) in [6.07, 6.45) is 0. The highest BCUT2D eigenvalue weighted by atomic mass is 32.2. The zero-order valence-corrected chi connectivity index (χ0v) is 14.1. The van der Waals surface area contributed by atoms with Crippen LogP contribution in [-0.2, 0) is 9.84 Å². The summed E-state index contributed by atoms with van der Waals surface area (Å²) in [7, 11) is -3.10. The number of benzene rings is 2. The van der Waals surface area contributed by atoms with Crippen LogP contribution in [0.2, 0.25) is 0 Å². The first-order valence-corrected chi connectivity index (χ1v) is 9.42. The fraction of sp³-hybridized carbons (Fsp3) is 0.375. The van der Waals surface area contributed by atoms with Gasteiger partial charge in [0.05, 0.1) is 10.5 Å². The van der Waals surface area contributed by atoms with Crippen LogP contribution in [0.5, 0.6) is 5.75 Å². The molecule has 21 heavy (non-hydrogen) atoms. The molecule has 3 nitrogen and oxygen atoms in total. The van der Waals surface area contributed by atoms with Crippen molar-refractivity contribution in [3.63, 3.8) is 0 Å². The number of hydrogen-bond donors (Lipinski definition) is 1. The van der Waals surface area contributed by atoms with E-state index in [1.807, 2.05) is 30.3 Å². The first kappa shape index (κ1) is 16.2. The lowest BCUT2D eigenvalue weighted by molar-refractivity contribution is 0.481. The molecule has 2 aromatic rings. The van der Waals surface area contributed by atoms with Gasteiger partial charge in [0.15, 0.2) is 9.84 Å². The number of hydrogen-bond acceptors (Lipinski definition) is 4. The molecule has 0 aliphatic heterocycles. The average molecular weight is 324 g/mol. The van der Waals surface area contributed by atoms with Crippen LogP contribution in [0.25, 0.3) is 10.8 Å². The monoisotopic (exact) mass is 324 g/mol. The maximum atomic E-state index is 12.1. The Hall–Kier alpha value is -1.20. The Bertz CT molecular complexity index is 744. The van der Waals surface area contributed by atoms with E-state index < -0.39 is 14.6 Å². The van der Waals surface area contributed by atoms with Crippen molar-refractivity contribution >= 4 is 32.4 Å². The SMILES string of the molecule is CC(C)(C)S(=O)(=O)CCSc1ccc(O)c2ccccc12. The third-order valence-electron chi connectivity index (χ3n) is 3.40. The van der Waals surface area contributed by atoms with E-state index in [0.717, 1.165) is 15.7 Å². The minimum Gasteiger partial charge on any atom is -0.507 e. The predicted molar refractivity (Wildman–Crippen MR) is 89.9 cm³/mol. The molecule has 1 N–H and O–H groups in total. The molecule has 0 spiro atoms. The molecule has 0 fully saturated rings. The highest BCUT2D eigenvalue weighted by Crippen LogP contribution is 2.33. The average Bonchev–Trinajstić information content (AvgIpc) is 2.40. The second-order valence-corrected chi connectivity index (χ2v) is 9.91. The summed E-state index contributed by atoms with van der Waals surface area (Å²) in [4.78, 5) is 0.993. The quantitative estimate of drug-likeness (QED) is 0.868. The van der Waals surface area contributed by atoms with E-state index in [1.165, 1.54) is 11.8 Å². The van der Waals surface area contributed by atoms with Crippen molar-refractivity contribution in [3.8, 4) is 5.75 Å². The fourth-order valence-corrected chi connectivity index (χ4v) is 4.49. The van der Waals surface area contributed by atoms with Crippen LogP contribution in [0.15, 0.2) is 41.3 Å². The summed E-state index contributed by atoms with van der Waals surface area (Å²) in [5.41, 5.74) is 0. The van der Waals surface area contributed by atoms with E-state index in [4.69, 9.17) is 0 Å². The van der Waals surface area contributed by atoms with E-state index >= 15 is 0 Å². The van der Waals surface area contributed by atoms with Gasteiger partial charge in [-0.05, 0) is 38.3 Å². The number of fused-ring (bicyclic) bond motifs is 1. The third-order valence-corrected chi connectivity index (χ3v) is 7.34. The standard InChI is InChI=1S/C16H20O3S2/c1-16(2,3)21(18,19)11-10-20-15-9-8-14(17)12-6-4-5-7-13(12)15/h4-9,17H,10-11H2,1-3H3. The largest absolute Gasteiger partial charge is 0.507 e. The smallest absolute Gasteiger partial charge is 0.156 e. The van der Waals surface area contributed by atoms with E-state index in [9.17, 15) is 13.5 Å². The van der Waals surface area contributed by atoms with Gasteiger partial charge in [-0.25, -0.2) is 8.42 Å². The lowest BCUT2D eigenvalue weighted by Crippen LogP contribution is -2.31. The number of aromatic hydroxyl groups is 1. The molecule has 0 saturated heterocycles. The van der Waals surface area contributed by atoms with Crippen molar-refractivity contribution in [2.24, 2.45) is 0 Å². The number of phenols is 1. The Kier molecular flexibility index (Phi) is 4.54. The zero-order chi connectivity index (χ0) is 15.7. The van der Waals surface area contributed by atoms with Gasteiger partial charge in [-0.2, -0.15) is 0 Å². The highest BCUT2D eigenvalue weighted by molar-refractivity contribution is 8.01. The van der Waals surface area contributed by atoms with Crippen molar-refractivity contribution in [1.29, 1.82) is 0 Å². The zero-order valence-electron chi connectivity index (χ0n) is 12.5. The van der Waals surface area contributed by atoms with Crippen molar-refractivity contribution < 1.29 is 13.5 Å². The predicted octanol–water partition coefficient (Wildman–Crippen LogP) is 3.85. The lowest BCUT2D eigenvalue weighted by atomic mass is 10.1. The number of sulfone groups is 1. The van der Waals surface area contributed by atoms with Crippen LogP contribution in [-0.4, -0.2) is 29.8 Å². The summed E-state index contributed by atoms with van der Waals surface area (Å²) >= 11 is 1.51. The van der Waals surface area contributed by atoms with Gasteiger partial charge in [-0.1, -0.05) is 24.3 Å². The summed E-state index contributed by atoms with van der Waals surface area (Å²) in [6.45, 7) is 5.18. The van der Waals surface area contributed by atoms with Crippen molar-refractivity contribution in [2.75, 3.05) is 11.5 Å². The van der Waals surface area contributed by atoms with Gasteiger partial charge in [0.2, 0.25) is 0 Å². The Morgan fingerprint density at radius 3 is 2.29 bits per heavy atom. The van der Waals surface area contributed by atoms with Crippen molar-refractivity contribution in [2.45, 2.75) is 30.4 Å². The first-order valence-electron chi connectivity index (χ1n) is 6.78. The Morgan fingerprint density at radius 2 is 1.67 bits per heavy atom. The molecule has 0 amide bonds. The molecule has 5 heteroatoms. The van der Waals surface area contributed by atoms with E-state index in [2.05, 4.69) is 0 Å². The lowest BCUT2D eigenvalue weighted by Gasteiger charge is -2.19. The molecule has 0 aliphatic carbocycles. The summed E-state index contributed by atoms with van der Waals surface area (Å²) in [5.74, 6) is 0.905. The first-order chi connectivity index (χ1) is 9.72. The van der Waals surface area contributed by atoms with Gasteiger partial charge in [0.25, 0.3) is 0 Å². The fourth-order valence-electron chi connectivity index (χ4n) is 1.95. The topological polar surface area (TPSA) is 54.4 Å². The van der Waals surface area contributed by atoms with Gasteiger partial charge < -0.3 is 5.11 Å². The maximum absolute atomic E-state index is 12.1. The van der Waals surface area contributed by atoms with Crippen LogP contribution >= 0.6 is 11.8 Å². The summed E-state index contributed by atoms with van der Waals surface area (Å²) in [6, 6.07) is 11.1. The third kappa shape index (κ3) is 3.52. The molecule has 0 bridgehead atoms. The normalized spacial score (nSPS) is 12.7. The maximum Gasteiger partial charge on any atom is 0.156 e. The van der Waals surface area contributed by atoms with Crippen LogP contribution in [0.4, 0.5) is 0 Å². The van der Waals surface area contributed by atoms with Crippen molar-refractivity contribution in [1.82, 2.24) is 0 Å². The second kappa shape index (κ2) is 5.89. The van der Waals surface area contributed by atoms with Gasteiger partial charge in [0.1, 0.15) is 5.75 Å². The molecule has 0 aliphatic rings. The van der Waals surface area contributed by atoms with Gasteiger partial charge in [0, 0.05) is 16.0 Å². The van der Waals surface area contributed by atoms with Gasteiger partial charge >= 0.3 is 0 Å². The molecular weight excluding hydrogens is 304 g/mol. The van der Waals surface area contributed by atoms with Crippen LogP contribution in [0, 0.1) is 0 Å². The molecule has 0 heterocycles. The van der Waals surface area contributed by atoms with Gasteiger partial charge in [-0.15, -0.1) is 11.8 Å². The molecule has 2 aromatic carbocycles.